The second-order valence-corrected chi connectivity index (χ2v) is 4.67. The van der Waals surface area contributed by atoms with Crippen LogP contribution in [0.25, 0.3) is 0 Å². The largest absolute Gasteiger partial charge is 0.416 e. The molecule has 4 heteroatoms. The van der Waals surface area contributed by atoms with E-state index in [9.17, 15) is 18.3 Å². The van der Waals surface area contributed by atoms with Crippen molar-refractivity contribution in [2.45, 2.75) is 33.1 Å². The van der Waals surface area contributed by atoms with Gasteiger partial charge in [-0.2, -0.15) is 13.2 Å². The van der Waals surface area contributed by atoms with Gasteiger partial charge in [0.25, 0.3) is 0 Å². The average Bonchev–Trinajstić information content (AvgIpc) is 2.26. The van der Waals surface area contributed by atoms with E-state index in [2.05, 4.69) is 0 Å². The maximum atomic E-state index is 12.5. The molecule has 0 heterocycles. The van der Waals surface area contributed by atoms with Gasteiger partial charge in [0.1, 0.15) is 0 Å². The number of hydrogen-bond acceptors (Lipinski definition) is 1. The van der Waals surface area contributed by atoms with Gasteiger partial charge in [-0.25, -0.2) is 0 Å². The van der Waals surface area contributed by atoms with Gasteiger partial charge in [-0.3, -0.25) is 0 Å². The van der Waals surface area contributed by atoms with Crippen LogP contribution in [0.4, 0.5) is 13.2 Å². The molecular formula is C13H17F3O. The fourth-order valence-corrected chi connectivity index (χ4v) is 1.57. The second kappa shape index (κ2) is 5.08. The summed E-state index contributed by atoms with van der Waals surface area (Å²) in [4.78, 5) is 0. The Morgan fingerprint density at radius 1 is 1.12 bits per heavy atom. The van der Waals surface area contributed by atoms with Crippen molar-refractivity contribution >= 4 is 0 Å². The van der Waals surface area contributed by atoms with Gasteiger partial charge >= 0.3 is 6.18 Å². The van der Waals surface area contributed by atoms with E-state index < -0.39 is 17.8 Å². The van der Waals surface area contributed by atoms with Crippen molar-refractivity contribution in [1.82, 2.24) is 0 Å². The lowest BCUT2D eigenvalue weighted by molar-refractivity contribution is -0.137. The predicted molar refractivity (Wildman–Crippen MR) is 60.4 cm³/mol. The van der Waals surface area contributed by atoms with Crippen LogP contribution in [0, 0.1) is 11.8 Å². The molecule has 0 amide bonds. The van der Waals surface area contributed by atoms with Crippen molar-refractivity contribution in [3.8, 4) is 0 Å². The lowest BCUT2D eigenvalue weighted by Gasteiger charge is -2.23. The minimum Gasteiger partial charge on any atom is -0.388 e. The quantitative estimate of drug-likeness (QED) is 0.853. The van der Waals surface area contributed by atoms with Crippen LogP contribution in [0.15, 0.2) is 24.3 Å². The van der Waals surface area contributed by atoms with Gasteiger partial charge in [0.2, 0.25) is 0 Å². The van der Waals surface area contributed by atoms with Crippen molar-refractivity contribution in [2.75, 3.05) is 0 Å². The molecule has 0 saturated heterocycles. The Bertz CT molecular complexity index is 371. The standard InChI is InChI=1S/C13H17F3O/c1-8(2)9(3)12(17)10-5-4-6-11(7-10)13(14,15)16/h4-9,12,17H,1-3H3. The van der Waals surface area contributed by atoms with E-state index >= 15 is 0 Å². The van der Waals surface area contributed by atoms with Crippen molar-refractivity contribution in [3.05, 3.63) is 35.4 Å². The molecule has 0 aliphatic rings. The molecule has 0 aliphatic heterocycles. The molecular weight excluding hydrogens is 229 g/mol. The Hall–Kier alpha value is -1.03. The smallest absolute Gasteiger partial charge is 0.388 e. The molecule has 0 spiro atoms. The van der Waals surface area contributed by atoms with E-state index in [0.29, 0.717) is 5.56 Å². The Kier molecular flexibility index (Phi) is 4.20. The van der Waals surface area contributed by atoms with Crippen molar-refractivity contribution in [3.63, 3.8) is 0 Å². The zero-order chi connectivity index (χ0) is 13.2. The summed E-state index contributed by atoms with van der Waals surface area (Å²) >= 11 is 0. The van der Waals surface area contributed by atoms with E-state index in [1.165, 1.54) is 12.1 Å². The lowest BCUT2D eigenvalue weighted by atomic mass is 9.88. The van der Waals surface area contributed by atoms with E-state index in [-0.39, 0.29) is 11.8 Å². The Morgan fingerprint density at radius 3 is 2.18 bits per heavy atom. The van der Waals surface area contributed by atoms with Crippen LogP contribution >= 0.6 is 0 Å². The van der Waals surface area contributed by atoms with Crippen LogP contribution in [0.2, 0.25) is 0 Å². The number of benzene rings is 1. The molecule has 0 aliphatic carbocycles. The first kappa shape index (κ1) is 14.0. The fourth-order valence-electron chi connectivity index (χ4n) is 1.57. The zero-order valence-electron chi connectivity index (χ0n) is 10.1. The Morgan fingerprint density at radius 2 is 1.71 bits per heavy atom. The molecule has 0 bridgehead atoms. The van der Waals surface area contributed by atoms with Gasteiger partial charge in [0.15, 0.2) is 0 Å². The van der Waals surface area contributed by atoms with Gasteiger partial charge in [0, 0.05) is 0 Å². The van der Waals surface area contributed by atoms with Gasteiger partial charge in [-0.1, -0.05) is 32.9 Å². The molecule has 1 aromatic rings. The highest BCUT2D eigenvalue weighted by Gasteiger charge is 2.31. The van der Waals surface area contributed by atoms with Crippen LogP contribution in [0.5, 0.6) is 0 Å². The van der Waals surface area contributed by atoms with Crippen molar-refractivity contribution in [2.24, 2.45) is 11.8 Å². The van der Waals surface area contributed by atoms with E-state index in [4.69, 9.17) is 0 Å². The summed E-state index contributed by atoms with van der Waals surface area (Å²) in [6.07, 6.45) is -5.23. The highest BCUT2D eigenvalue weighted by atomic mass is 19.4. The van der Waals surface area contributed by atoms with Crippen molar-refractivity contribution in [1.29, 1.82) is 0 Å². The van der Waals surface area contributed by atoms with Crippen LogP contribution in [-0.4, -0.2) is 5.11 Å². The molecule has 0 fully saturated rings. The normalized spacial score (nSPS) is 16.0. The number of alkyl halides is 3. The van der Waals surface area contributed by atoms with Gasteiger partial charge in [0.05, 0.1) is 11.7 Å². The minimum atomic E-state index is -4.36. The maximum absolute atomic E-state index is 12.5. The summed E-state index contributed by atoms with van der Waals surface area (Å²) in [5.74, 6) is 0.123. The number of aliphatic hydroxyl groups excluding tert-OH is 1. The molecule has 1 rings (SSSR count). The summed E-state index contributed by atoms with van der Waals surface area (Å²) in [7, 11) is 0. The Balaban J connectivity index is 3.00. The molecule has 0 aromatic heterocycles. The Labute approximate surface area is 99.3 Å². The molecule has 2 unspecified atom stereocenters. The third-order valence-electron chi connectivity index (χ3n) is 3.11. The van der Waals surface area contributed by atoms with Gasteiger partial charge < -0.3 is 5.11 Å². The third kappa shape index (κ3) is 3.46. The summed E-state index contributed by atoms with van der Waals surface area (Å²) < 4.78 is 37.5. The molecule has 17 heavy (non-hydrogen) atoms. The average molecular weight is 246 g/mol. The molecule has 1 nitrogen and oxygen atoms in total. The first-order valence-electron chi connectivity index (χ1n) is 5.58. The molecule has 0 radical (unpaired) electrons. The van der Waals surface area contributed by atoms with Crippen LogP contribution < -0.4 is 0 Å². The van der Waals surface area contributed by atoms with E-state index in [1.54, 1.807) is 0 Å². The lowest BCUT2D eigenvalue weighted by Crippen LogP contribution is -2.16. The van der Waals surface area contributed by atoms with E-state index in [1.807, 2.05) is 20.8 Å². The van der Waals surface area contributed by atoms with Gasteiger partial charge in [-0.15, -0.1) is 0 Å². The summed E-state index contributed by atoms with van der Waals surface area (Å²) in [6, 6.07) is 4.88. The topological polar surface area (TPSA) is 20.2 Å². The number of hydrogen-bond donors (Lipinski definition) is 1. The molecule has 1 N–H and O–H groups in total. The highest BCUT2D eigenvalue weighted by Crippen LogP contribution is 2.33. The highest BCUT2D eigenvalue weighted by molar-refractivity contribution is 5.27. The van der Waals surface area contributed by atoms with E-state index in [0.717, 1.165) is 12.1 Å². The third-order valence-corrected chi connectivity index (χ3v) is 3.11. The van der Waals surface area contributed by atoms with Crippen LogP contribution in [-0.2, 0) is 6.18 Å². The van der Waals surface area contributed by atoms with Crippen molar-refractivity contribution < 1.29 is 18.3 Å². The number of rotatable bonds is 3. The second-order valence-electron chi connectivity index (χ2n) is 4.67. The van der Waals surface area contributed by atoms with Gasteiger partial charge in [-0.05, 0) is 29.5 Å². The van der Waals surface area contributed by atoms with Crippen LogP contribution in [0.3, 0.4) is 0 Å². The predicted octanol–water partition coefficient (Wildman–Crippen LogP) is 4.03. The summed E-state index contributed by atoms with van der Waals surface area (Å²) in [5.41, 5.74) is -0.397. The minimum absolute atomic E-state index is 0.0847. The summed E-state index contributed by atoms with van der Waals surface area (Å²) in [5, 5.41) is 9.98. The fraction of sp³-hybridized carbons (Fsp3) is 0.538. The first-order valence-corrected chi connectivity index (χ1v) is 5.58. The molecule has 96 valence electrons. The molecule has 1 aromatic carbocycles. The number of halogens is 3. The summed E-state index contributed by atoms with van der Waals surface area (Å²) in [6.45, 7) is 5.69. The first-order chi connectivity index (χ1) is 7.73. The zero-order valence-corrected chi connectivity index (χ0v) is 10.1. The molecule has 2 atom stereocenters. The SMILES string of the molecule is CC(C)C(C)C(O)c1cccc(C(F)(F)F)c1. The maximum Gasteiger partial charge on any atom is 0.416 e. The monoisotopic (exact) mass is 246 g/mol. The molecule has 0 saturated carbocycles. The number of aliphatic hydroxyl groups is 1. The van der Waals surface area contributed by atoms with Crippen LogP contribution in [0.1, 0.15) is 38.0 Å².